The van der Waals surface area contributed by atoms with E-state index in [-0.39, 0.29) is 5.56 Å². The number of carbonyl (C=O) groups is 1. The van der Waals surface area contributed by atoms with Crippen molar-refractivity contribution in [2.75, 3.05) is 11.9 Å². The van der Waals surface area contributed by atoms with E-state index in [0.29, 0.717) is 25.2 Å². The molecule has 18 heavy (non-hydrogen) atoms. The maximum Gasteiger partial charge on any atom is 0.335 e. The molecule has 100 valence electrons. The first-order valence-corrected chi connectivity index (χ1v) is 6.23. The summed E-state index contributed by atoms with van der Waals surface area (Å²) < 4.78 is 0. The lowest BCUT2D eigenvalue weighted by Crippen LogP contribution is -2.20. The summed E-state index contributed by atoms with van der Waals surface area (Å²) >= 11 is 0. The van der Waals surface area contributed by atoms with Crippen molar-refractivity contribution in [2.24, 2.45) is 0 Å². The van der Waals surface area contributed by atoms with E-state index in [2.05, 4.69) is 10.3 Å². The highest BCUT2D eigenvalue weighted by Gasteiger charge is 2.09. The lowest BCUT2D eigenvalue weighted by atomic mass is 10.2. The van der Waals surface area contributed by atoms with E-state index in [1.807, 2.05) is 13.8 Å². The number of pyridine rings is 1. The van der Waals surface area contributed by atoms with Crippen LogP contribution in [-0.4, -0.2) is 33.8 Å². The van der Waals surface area contributed by atoms with Gasteiger partial charge in [-0.05, 0) is 25.0 Å². The third kappa shape index (κ3) is 4.33. The number of aromatic nitrogens is 1. The van der Waals surface area contributed by atoms with E-state index in [0.717, 1.165) is 12.1 Å². The topological polar surface area (TPSA) is 82.5 Å². The Bertz CT molecular complexity index is 407. The second kappa shape index (κ2) is 6.96. The van der Waals surface area contributed by atoms with Crippen LogP contribution in [0.4, 0.5) is 5.82 Å². The summed E-state index contributed by atoms with van der Waals surface area (Å²) in [4.78, 5) is 15.2. The molecule has 0 spiro atoms. The predicted molar refractivity (Wildman–Crippen MR) is 70.0 cm³/mol. The molecule has 5 heteroatoms. The van der Waals surface area contributed by atoms with Crippen LogP contribution in [0.3, 0.4) is 0 Å². The van der Waals surface area contributed by atoms with Gasteiger partial charge in [0.15, 0.2) is 0 Å². The van der Waals surface area contributed by atoms with Gasteiger partial charge in [0.1, 0.15) is 5.82 Å². The van der Waals surface area contributed by atoms with Crippen LogP contribution in [0.1, 0.15) is 42.7 Å². The number of aromatic carboxylic acids is 1. The van der Waals surface area contributed by atoms with Gasteiger partial charge < -0.3 is 15.5 Å². The highest BCUT2D eigenvalue weighted by atomic mass is 16.4. The number of carboxylic acid groups (broad SMARTS) is 1. The number of aryl methyl sites for hydroxylation is 1. The Balaban J connectivity index is 2.75. The van der Waals surface area contributed by atoms with Crippen molar-refractivity contribution in [2.45, 2.75) is 39.2 Å². The van der Waals surface area contributed by atoms with Gasteiger partial charge in [0.25, 0.3) is 0 Å². The molecule has 0 fully saturated rings. The van der Waals surface area contributed by atoms with Gasteiger partial charge >= 0.3 is 5.97 Å². The zero-order chi connectivity index (χ0) is 13.5. The minimum absolute atomic E-state index is 0.217. The van der Waals surface area contributed by atoms with Crippen molar-refractivity contribution < 1.29 is 15.0 Å². The number of carboxylic acids is 1. The zero-order valence-electron chi connectivity index (χ0n) is 10.8. The molecule has 0 aliphatic carbocycles. The van der Waals surface area contributed by atoms with Gasteiger partial charge in [-0.25, -0.2) is 9.78 Å². The summed E-state index contributed by atoms with van der Waals surface area (Å²) in [6.45, 7) is 4.30. The molecule has 0 aliphatic heterocycles. The number of anilines is 1. The molecule has 0 aromatic carbocycles. The minimum Gasteiger partial charge on any atom is -0.478 e. The van der Waals surface area contributed by atoms with Gasteiger partial charge in [0.2, 0.25) is 0 Å². The molecular formula is C13H20N2O3. The summed E-state index contributed by atoms with van der Waals surface area (Å²) in [5, 5.41) is 21.6. The standard InChI is InChI=1S/C13H20N2O3/c1-3-5-11(16)8-14-12-7-9(13(17)18)6-10(4-2)15-12/h6-7,11,16H,3-5,8H2,1-2H3,(H,14,15)(H,17,18). The maximum absolute atomic E-state index is 11.0. The third-order valence-corrected chi connectivity index (χ3v) is 2.63. The molecule has 0 saturated heterocycles. The quantitative estimate of drug-likeness (QED) is 0.690. The second-order valence-corrected chi connectivity index (χ2v) is 4.21. The van der Waals surface area contributed by atoms with Gasteiger partial charge in [0.05, 0.1) is 11.7 Å². The van der Waals surface area contributed by atoms with E-state index in [1.54, 1.807) is 6.07 Å². The van der Waals surface area contributed by atoms with Crippen LogP contribution in [0.25, 0.3) is 0 Å². The fourth-order valence-corrected chi connectivity index (χ4v) is 1.64. The number of hydrogen-bond donors (Lipinski definition) is 3. The van der Waals surface area contributed by atoms with Crippen LogP contribution in [-0.2, 0) is 6.42 Å². The maximum atomic E-state index is 11.0. The Morgan fingerprint density at radius 2 is 2.17 bits per heavy atom. The first kappa shape index (κ1) is 14.4. The monoisotopic (exact) mass is 252 g/mol. The number of rotatable bonds is 7. The number of nitrogens with zero attached hydrogens (tertiary/aromatic N) is 1. The molecule has 1 atom stereocenters. The molecular weight excluding hydrogens is 232 g/mol. The Morgan fingerprint density at radius 1 is 1.44 bits per heavy atom. The SMILES string of the molecule is CCCC(O)CNc1cc(C(=O)O)cc(CC)n1. The average Bonchev–Trinajstić information content (AvgIpc) is 2.36. The van der Waals surface area contributed by atoms with Crippen LogP contribution in [0, 0.1) is 0 Å². The highest BCUT2D eigenvalue weighted by molar-refractivity contribution is 5.88. The molecule has 1 rings (SSSR count). The zero-order valence-corrected chi connectivity index (χ0v) is 10.8. The lowest BCUT2D eigenvalue weighted by Gasteiger charge is -2.12. The van der Waals surface area contributed by atoms with E-state index in [9.17, 15) is 9.90 Å². The van der Waals surface area contributed by atoms with Crippen LogP contribution in [0.5, 0.6) is 0 Å². The molecule has 3 N–H and O–H groups in total. The number of nitrogens with one attached hydrogen (secondary N) is 1. The van der Waals surface area contributed by atoms with Crippen molar-refractivity contribution in [1.82, 2.24) is 4.98 Å². The van der Waals surface area contributed by atoms with Crippen LogP contribution in [0.15, 0.2) is 12.1 Å². The van der Waals surface area contributed by atoms with E-state index < -0.39 is 12.1 Å². The van der Waals surface area contributed by atoms with Crippen LogP contribution in [0.2, 0.25) is 0 Å². The van der Waals surface area contributed by atoms with Crippen molar-refractivity contribution in [3.63, 3.8) is 0 Å². The minimum atomic E-state index is -0.968. The molecule has 1 aromatic rings. The molecule has 0 saturated carbocycles. The molecule has 5 nitrogen and oxygen atoms in total. The second-order valence-electron chi connectivity index (χ2n) is 4.21. The number of hydrogen-bond acceptors (Lipinski definition) is 4. The Labute approximate surface area is 107 Å². The molecule has 1 aromatic heterocycles. The Hall–Kier alpha value is -1.62. The largest absolute Gasteiger partial charge is 0.478 e. The molecule has 1 unspecified atom stereocenters. The van der Waals surface area contributed by atoms with E-state index >= 15 is 0 Å². The molecule has 0 aliphatic rings. The normalized spacial score (nSPS) is 12.2. The predicted octanol–water partition coefficient (Wildman–Crippen LogP) is 1.92. The Morgan fingerprint density at radius 3 is 2.72 bits per heavy atom. The average molecular weight is 252 g/mol. The fourth-order valence-electron chi connectivity index (χ4n) is 1.64. The first-order valence-electron chi connectivity index (χ1n) is 6.23. The lowest BCUT2D eigenvalue weighted by molar-refractivity contribution is 0.0696. The molecule has 0 bridgehead atoms. The van der Waals surface area contributed by atoms with Gasteiger partial charge in [-0.1, -0.05) is 20.3 Å². The van der Waals surface area contributed by atoms with Gasteiger partial charge in [0, 0.05) is 12.2 Å². The van der Waals surface area contributed by atoms with E-state index in [1.165, 1.54) is 6.07 Å². The van der Waals surface area contributed by atoms with Crippen molar-refractivity contribution in [3.8, 4) is 0 Å². The van der Waals surface area contributed by atoms with Gasteiger partial charge in [-0.2, -0.15) is 0 Å². The summed E-state index contributed by atoms with van der Waals surface area (Å²) in [7, 11) is 0. The summed E-state index contributed by atoms with van der Waals surface area (Å²) in [6.07, 6.45) is 1.86. The number of aliphatic hydroxyl groups excluding tert-OH is 1. The highest BCUT2D eigenvalue weighted by Crippen LogP contribution is 2.12. The third-order valence-electron chi connectivity index (χ3n) is 2.63. The number of aliphatic hydroxyl groups is 1. The summed E-state index contributed by atoms with van der Waals surface area (Å²) in [6, 6.07) is 3.05. The molecule has 1 heterocycles. The smallest absolute Gasteiger partial charge is 0.335 e. The Kier molecular flexibility index (Phi) is 5.58. The molecule has 0 radical (unpaired) electrons. The van der Waals surface area contributed by atoms with E-state index in [4.69, 9.17) is 5.11 Å². The summed E-state index contributed by atoms with van der Waals surface area (Å²) in [5.74, 6) is -0.467. The fraction of sp³-hybridized carbons (Fsp3) is 0.538. The van der Waals surface area contributed by atoms with Crippen molar-refractivity contribution in [1.29, 1.82) is 0 Å². The van der Waals surface area contributed by atoms with Crippen molar-refractivity contribution >= 4 is 11.8 Å². The molecule has 0 amide bonds. The van der Waals surface area contributed by atoms with Gasteiger partial charge in [-0.15, -0.1) is 0 Å². The van der Waals surface area contributed by atoms with Gasteiger partial charge in [-0.3, -0.25) is 0 Å². The summed E-state index contributed by atoms with van der Waals surface area (Å²) in [5.41, 5.74) is 0.941. The first-order chi connectivity index (χ1) is 8.56. The van der Waals surface area contributed by atoms with Crippen molar-refractivity contribution in [3.05, 3.63) is 23.4 Å². The van der Waals surface area contributed by atoms with Crippen LogP contribution < -0.4 is 5.32 Å². The van der Waals surface area contributed by atoms with Crippen LogP contribution >= 0.6 is 0 Å².